The summed E-state index contributed by atoms with van der Waals surface area (Å²) in [6.07, 6.45) is 0.778. The lowest BCUT2D eigenvalue weighted by atomic mass is 10.0. The molecule has 2 N–H and O–H groups in total. The molecule has 1 rings (SSSR count). The van der Waals surface area contributed by atoms with Gasteiger partial charge >= 0.3 is 11.9 Å². The molecule has 0 radical (unpaired) electrons. The first-order valence-electron chi connectivity index (χ1n) is 4.46. The average Bonchev–Trinajstić information content (AvgIpc) is 2.14. The first-order chi connectivity index (χ1) is 7.66. The Hall–Kier alpha value is -1.89. The maximum Gasteiger partial charge on any atom is 0.337 e. The number of carbonyl (C=O) groups is 2. The Morgan fingerprint density at radius 2 is 1.65 bits per heavy atom. The van der Waals surface area contributed by atoms with E-state index in [9.17, 15) is 18.0 Å². The summed E-state index contributed by atoms with van der Waals surface area (Å²) in [5.74, 6) is -2.95. The zero-order valence-electron chi connectivity index (χ0n) is 9.09. The molecule has 92 valence electrons. The zero-order valence-corrected chi connectivity index (χ0v) is 9.91. The molecule has 1 aromatic rings. The third-order valence-corrected chi connectivity index (χ3v) is 3.35. The van der Waals surface area contributed by atoms with E-state index in [4.69, 9.17) is 10.2 Å². The van der Waals surface area contributed by atoms with E-state index < -0.39 is 37.8 Å². The molecule has 7 heteroatoms. The number of rotatable bonds is 3. The van der Waals surface area contributed by atoms with E-state index in [2.05, 4.69) is 0 Å². The molecule has 0 aromatic heterocycles. The zero-order chi connectivity index (χ0) is 13.4. The minimum Gasteiger partial charge on any atom is -0.478 e. The summed E-state index contributed by atoms with van der Waals surface area (Å²) in [7, 11) is -3.94. The summed E-state index contributed by atoms with van der Waals surface area (Å²) < 4.78 is 23.0. The highest BCUT2D eigenvalue weighted by molar-refractivity contribution is 7.90. The Bertz CT molecular complexity index is 599. The lowest BCUT2D eigenvalue weighted by Crippen LogP contribution is -2.15. The fourth-order valence-electron chi connectivity index (χ4n) is 1.50. The SMILES string of the molecule is Cc1ccc(C(=O)O)c(S(C)(=O)=O)c1C(=O)O. The van der Waals surface area contributed by atoms with E-state index in [0.29, 0.717) is 0 Å². The molecule has 0 aliphatic heterocycles. The first kappa shape index (κ1) is 13.2. The Labute approximate surface area is 97.4 Å². The second-order valence-electron chi connectivity index (χ2n) is 3.52. The summed E-state index contributed by atoms with van der Waals surface area (Å²) >= 11 is 0. The van der Waals surface area contributed by atoms with Crippen molar-refractivity contribution in [1.29, 1.82) is 0 Å². The molecule has 17 heavy (non-hydrogen) atoms. The number of sulfone groups is 1. The molecule has 0 aliphatic carbocycles. The van der Waals surface area contributed by atoms with Gasteiger partial charge in [0, 0.05) is 6.26 Å². The molecule has 6 nitrogen and oxygen atoms in total. The van der Waals surface area contributed by atoms with E-state index in [-0.39, 0.29) is 5.56 Å². The van der Waals surface area contributed by atoms with Crippen LogP contribution in [0.4, 0.5) is 0 Å². The van der Waals surface area contributed by atoms with Crippen LogP contribution in [0.15, 0.2) is 17.0 Å². The van der Waals surface area contributed by atoms with Crippen molar-refractivity contribution in [3.05, 3.63) is 28.8 Å². The standard InChI is InChI=1S/C10H10O6S/c1-5-3-4-6(9(11)12)8(17(2,15)16)7(5)10(13)14/h3-4H,1-2H3,(H,11,12)(H,13,14). The van der Waals surface area contributed by atoms with Gasteiger partial charge in [0.05, 0.1) is 16.0 Å². The van der Waals surface area contributed by atoms with Gasteiger partial charge in [-0.05, 0) is 18.6 Å². The number of carboxylic acid groups (broad SMARTS) is 2. The Morgan fingerprint density at radius 1 is 1.12 bits per heavy atom. The third-order valence-electron chi connectivity index (χ3n) is 2.18. The van der Waals surface area contributed by atoms with Crippen LogP contribution in [0.2, 0.25) is 0 Å². The number of hydrogen-bond donors (Lipinski definition) is 2. The van der Waals surface area contributed by atoms with Crippen molar-refractivity contribution in [3.63, 3.8) is 0 Å². The van der Waals surface area contributed by atoms with Gasteiger partial charge in [0.15, 0.2) is 9.84 Å². The smallest absolute Gasteiger partial charge is 0.337 e. The van der Waals surface area contributed by atoms with Gasteiger partial charge < -0.3 is 10.2 Å². The molecule has 0 unspecified atom stereocenters. The van der Waals surface area contributed by atoms with Crippen LogP contribution in [0.25, 0.3) is 0 Å². The average molecular weight is 258 g/mol. The minimum absolute atomic E-state index is 0.197. The van der Waals surface area contributed by atoms with E-state index in [1.807, 2.05) is 0 Å². The minimum atomic E-state index is -3.94. The first-order valence-corrected chi connectivity index (χ1v) is 6.35. The third kappa shape index (κ3) is 2.44. The number of aryl methyl sites for hydroxylation is 1. The topological polar surface area (TPSA) is 109 Å². The fraction of sp³-hybridized carbons (Fsp3) is 0.200. The van der Waals surface area contributed by atoms with E-state index in [1.165, 1.54) is 13.0 Å². The molecule has 0 saturated carbocycles. The number of benzene rings is 1. The molecule has 0 bridgehead atoms. The summed E-state index contributed by atoms with van der Waals surface area (Å²) in [6.45, 7) is 1.41. The van der Waals surface area contributed by atoms with Gasteiger partial charge in [-0.3, -0.25) is 0 Å². The van der Waals surface area contributed by atoms with Crippen molar-refractivity contribution in [1.82, 2.24) is 0 Å². The summed E-state index contributed by atoms with van der Waals surface area (Å²) in [5.41, 5.74) is -0.828. The molecular formula is C10H10O6S. The van der Waals surface area contributed by atoms with E-state index >= 15 is 0 Å². The Morgan fingerprint density at radius 3 is 2.00 bits per heavy atom. The molecule has 0 heterocycles. The van der Waals surface area contributed by atoms with Gasteiger partial charge in [0.1, 0.15) is 0 Å². The lowest BCUT2D eigenvalue weighted by molar-refractivity contribution is 0.0689. The van der Waals surface area contributed by atoms with Crippen molar-refractivity contribution in [2.24, 2.45) is 0 Å². The van der Waals surface area contributed by atoms with Gasteiger partial charge in [0.25, 0.3) is 0 Å². The number of aromatic carboxylic acids is 2. The van der Waals surface area contributed by atoms with Crippen molar-refractivity contribution < 1.29 is 28.2 Å². The van der Waals surface area contributed by atoms with Crippen molar-refractivity contribution in [3.8, 4) is 0 Å². The molecule has 0 atom stereocenters. The van der Waals surface area contributed by atoms with E-state index in [1.54, 1.807) is 0 Å². The second kappa shape index (κ2) is 4.17. The van der Waals surface area contributed by atoms with Gasteiger partial charge in [-0.2, -0.15) is 0 Å². The van der Waals surface area contributed by atoms with Crippen LogP contribution in [0.1, 0.15) is 26.3 Å². The van der Waals surface area contributed by atoms with Crippen LogP contribution in [0.3, 0.4) is 0 Å². The van der Waals surface area contributed by atoms with Gasteiger partial charge in [0.2, 0.25) is 0 Å². The van der Waals surface area contributed by atoms with Gasteiger partial charge in [-0.15, -0.1) is 0 Å². The predicted octanol–water partition coefficient (Wildman–Crippen LogP) is 0.795. The Kier molecular flexibility index (Phi) is 3.23. The van der Waals surface area contributed by atoms with Gasteiger partial charge in [-0.25, -0.2) is 18.0 Å². The second-order valence-corrected chi connectivity index (χ2v) is 5.47. The normalized spacial score (nSPS) is 11.2. The number of carboxylic acids is 2. The number of hydrogen-bond acceptors (Lipinski definition) is 4. The maximum absolute atomic E-state index is 11.5. The monoisotopic (exact) mass is 258 g/mol. The van der Waals surface area contributed by atoms with Crippen LogP contribution in [0, 0.1) is 6.92 Å². The largest absolute Gasteiger partial charge is 0.478 e. The Balaban J connectivity index is 3.88. The molecule has 0 amide bonds. The summed E-state index contributed by atoms with van der Waals surface area (Å²) in [5, 5.41) is 17.8. The maximum atomic E-state index is 11.5. The highest BCUT2D eigenvalue weighted by Gasteiger charge is 2.27. The lowest BCUT2D eigenvalue weighted by Gasteiger charge is -2.10. The summed E-state index contributed by atoms with van der Waals surface area (Å²) in [6, 6.07) is 2.35. The van der Waals surface area contributed by atoms with Crippen LogP contribution in [-0.2, 0) is 9.84 Å². The van der Waals surface area contributed by atoms with Crippen LogP contribution in [0.5, 0.6) is 0 Å². The van der Waals surface area contributed by atoms with Crippen LogP contribution < -0.4 is 0 Å². The van der Waals surface area contributed by atoms with Crippen LogP contribution >= 0.6 is 0 Å². The molecular weight excluding hydrogens is 248 g/mol. The quantitative estimate of drug-likeness (QED) is 0.829. The predicted molar refractivity (Wildman–Crippen MR) is 58.2 cm³/mol. The van der Waals surface area contributed by atoms with Crippen molar-refractivity contribution in [2.75, 3.05) is 6.26 Å². The van der Waals surface area contributed by atoms with Crippen molar-refractivity contribution >= 4 is 21.8 Å². The molecule has 1 aromatic carbocycles. The fourth-order valence-corrected chi connectivity index (χ4v) is 2.67. The molecule has 0 aliphatic rings. The molecule has 0 spiro atoms. The van der Waals surface area contributed by atoms with Gasteiger partial charge in [-0.1, -0.05) is 6.07 Å². The molecule has 0 fully saturated rings. The van der Waals surface area contributed by atoms with E-state index in [0.717, 1.165) is 12.3 Å². The summed E-state index contributed by atoms with van der Waals surface area (Å²) in [4.78, 5) is 21.2. The molecule has 0 saturated heterocycles. The van der Waals surface area contributed by atoms with Crippen molar-refractivity contribution in [2.45, 2.75) is 11.8 Å². The van der Waals surface area contributed by atoms with Crippen LogP contribution in [-0.4, -0.2) is 36.8 Å². The highest BCUT2D eigenvalue weighted by atomic mass is 32.2. The highest BCUT2D eigenvalue weighted by Crippen LogP contribution is 2.24.